The lowest BCUT2D eigenvalue weighted by atomic mass is 9.67. The van der Waals surface area contributed by atoms with Gasteiger partial charge in [-0.3, -0.25) is 0 Å². The molecule has 0 unspecified atom stereocenters. The number of hydrogen-bond donors (Lipinski definition) is 0. The van der Waals surface area contributed by atoms with E-state index in [4.69, 9.17) is 0 Å². The molecule has 1 heteroatoms. The molecule has 0 heterocycles. The van der Waals surface area contributed by atoms with Crippen LogP contribution in [0.15, 0.2) is 297 Å². The van der Waals surface area contributed by atoms with Crippen LogP contribution in [0.2, 0.25) is 0 Å². The average Bonchev–Trinajstić information content (AvgIpc) is 3.78. The van der Waals surface area contributed by atoms with Crippen LogP contribution in [0, 0.1) is 0 Å². The predicted molar refractivity (Wildman–Crippen MR) is 303 cm³/mol. The van der Waals surface area contributed by atoms with Crippen LogP contribution in [-0.4, -0.2) is 0 Å². The largest absolute Gasteiger partial charge is 0.310 e. The van der Waals surface area contributed by atoms with Crippen molar-refractivity contribution in [3.05, 3.63) is 320 Å². The van der Waals surface area contributed by atoms with Gasteiger partial charge in [-0.05, 0) is 137 Å². The van der Waals surface area contributed by atoms with E-state index < -0.39 is 5.41 Å². The monoisotopic (exact) mass is 915 g/mol. The molecule has 0 aromatic heterocycles. The van der Waals surface area contributed by atoms with Crippen LogP contribution in [0.5, 0.6) is 0 Å². The van der Waals surface area contributed by atoms with Gasteiger partial charge in [0.15, 0.2) is 0 Å². The van der Waals surface area contributed by atoms with Crippen LogP contribution >= 0.6 is 0 Å². The Morgan fingerprint density at radius 2 is 0.653 bits per heavy atom. The summed E-state index contributed by atoms with van der Waals surface area (Å²) < 4.78 is 0. The number of hydrogen-bond acceptors (Lipinski definition) is 1. The molecule has 1 aliphatic carbocycles. The molecule has 0 bridgehead atoms. The van der Waals surface area contributed by atoms with Crippen molar-refractivity contribution >= 4 is 27.8 Å². The smallest absolute Gasteiger partial charge is 0.0713 e. The van der Waals surface area contributed by atoms with Gasteiger partial charge in [0.1, 0.15) is 0 Å². The van der Waals surface area contributed by atoms with Crippen LogP contribution in [0.25, 0.3) is 77.5 Å². The summed E-state index contributed by atoms with van der Waals surface area (Å²) in [7, 11) is 0. The van der Waals surface area contributed by atoms with Gasteiger partial charge in [-0.1, -0.05) is 255 Å². The number of fused-ring (bicyclic) bond motifs is 4. The van der Waals surface area contributed by atoms with E-state index in [1.165, 1.54) is 99.8 Å². The molecule has 0 atom stereocenters. The van der Waals surface area contributed by atoms with E-state index in [2.05, 4.69) is 302 Å². The van der Waals surface area contributed by atoms with Crippen LogP contribution in [0.4, 0.5) is 17.1 Å². The maximum Gasteiger partial charge on any atom is 0.0713 e. The molecule has 1 nitrogen and oxygen atoms in total. The molecular weight excluding hydrogens is 867 g/mol. The molecule has 1 aliphatic rings. The van der Waals surface area contributed by atoms with E-state index in [0.717, 1.165) is 17.1 Å². The molecule has 0 saturated carbocycles. The molecule has 338 valence electrons. The Balaban J connectivity index is 0.864. The number of anilines is 3. The molecule has 0 amide bonds. The van der Waals surface area contributed by atoms with Gasteiger partial charge in [0, 0.05) is 16.9 Å². The third-order valence-corrected chi connectivity index (χ3v) is 14.8. The van der Waals surface area contributed by atoms with Crippen LogP contribution in [0.3, 0.4) is 0 Å². The van der Waals surface area contributed by atoms with Gasteiger partial charge >= 0.3 is 0 Å². The molecule has 0 saturated heterocycles. The molecule has 0 aliphatic heterocycles. The quantitative estimate of drug-likeness (QED) is 0.132. The van der Waals surface area contributed by atoms with Crippen molar-refractivity contribution in [2.75, 3.05) is 4.90 Å². The highest BCUT2D eigenvalue weighted by Gasteiger charge is 2.46. The van der Waals surface area contributed by atoms with Crippen molar-refractivity contribution in [1.82, 2.24) is 0 Å². The number of benzene rings is 12. The minimum absolute atomic E-state index is 0.457. The molecule has 13 rings (SSSR count). The Morgan fingerprint density at radius 1 is 0.236 bits per heavy atom. The average molecular weight is 916 g/mol. The highest BCUT2D eigenvalue weighted by molar-refractivity contribution is 5.96. The van der Waals surface area contributed by atoms with Crippen molar-refractivity contribution in [2.24, 2.45) is 0 Å². The first kappa shape index (κ1) is 42.8. The van der Waals surface area contributed by atoms with Gasteiger partial charge in [0.05, 0.1) is 11.1 Å². The number of para-hydroxylation sites is 1. The van der Waals surface area contributed by atoms with E-state index in [0.29, 0.717) is 0 Å². The van der Waals surface area contributed by atoms with E-state index in [1.54, 1.807) is 0 Å². The van der Waals surface area contributed by atoms with E-state index in [9.17, 15) is 0 Å². The van der Waals surface area contributed by atoms with Crippen molar-refractivity contribution in [3.8, 4) is 66.8 Å². The topological polar surface area (TPSA) is 3.24 Å². The Kier molecular flexibility index (Phi) is 10.8. The summed E-state index contributed by atoms with van der Waals surface area (Å²) in [5.74, 6) is 0. The zero-order chi connectivity index (χ0) is 47.8. The summed E-state index contributed by atoms with van der Waals surface area (Å²) >= 11 is 0. The number of nitrogens with zero attached hydrogens (tertiary/aromatic N) is 1. The van der Waals surface area contributed by atoms with Crippen LogP contribution < -0.4 is 4.90 Å². The fourth-order valence-corrected chi connectivity index (χ4v) is 11.4. The molecule has 12 aromatic carbocycles. The lowest BCUT2D eigenvalue weighted by Gasteiger charge is -2.34. The second-order valence-corrected chi connectivity index (χ2v) is 18.8. The predicted octanol–water partition coefficient (Wildman–Crippen LogP) is 19.0. The van der Waals surface area contributed by atoms with Crippen molar-refractivity contribution in [2.45, 2.75) is 5.41 Å². The third-order valence-electron chi connectivity index (χ3n) is 14.8. The molecule has 72 heavy (non-hydrogen) atoms. The summed E-state index contributed by atoms with van der Waals surface area (Å²) in [4.78, 5) is 2.40. The van der Waals surface area contributed by atoms with Gasteiger partial charge < -0.3 is 4.90 Å². The Labute approximate surface area is 422 Å². The highest BCUT2D eigenvalue weighted by Crippen LogP contribution is 2.58. The minimum atomic E-state index is -0.457. The van der Waals surface area contributed by atoms with Crippen LogP contribution in [0.1, 0.15) is 22.3 Å². The molecule has 0 radical (unpaired) electrons. The van der Waals surface area contributed by atoms with E-state index in [-0.39, 0.29) is 0 Å². The first-order valence-corrected chi connectivity index (χ1v) is 24.9. The first-order valence-electron chi connectivity index (χ1n) is 24.9. The zero-order valence-corrected chi connectivity index (χ0v) is 39.7. The summed E-state index contributed by atoms with van der Waals surface area (Å²) in [6, 6.07) is 109. The summed E-state index contributed by atoms with van der Waals surface area (Å²) in [6.07, 6.45) is 0. The summed E-state index contributed by atoms with van der Waals surface area (Å²) in [5, 5.41) is 2.51. The fraction of sp³-hybridized carbons (Fsp3) is 0.0141. The molecule has 0 N–H and O–H groups in total. The zero-order valence-electron chi connectivity index (χ0n) is 39.7. The van der Waals surface area contributed by atoms with Gasteiger partial charge in [-0.2, -0.15) is 0 Å². The molecular formula is C71H49N. The summed E-state index contributed by atoms with van der Waals surface area (Å²) in [6.45, 7) is 0. The van der Waals surface area contributed by atoms with Gasteiger partial charge in [0.2, 0.25) is 0 Å². The second kappa shape index (κ2) is 18.2. The highest BCUT2D eigenvalue weighted by atomic mass is 15.1. The molecule has 0 fully saturated rings. The maximum atomic E-state index is 2.40. The van der Waals surface area contributed by atoms with Gasteiger partial charge in [-0.15, -0.1) is 0 Å². The van der Waals surface area contributed by atoms with Crippen LogP contribution in [-0.2, 0) is 5.41 Å². The Hall–Kier alpha value is -9.30. The first-order chi connectivity index (χ1) is 35.7. The standard InChI is InChI=1S/C71H49N/c1-4-19-54(20-5-1)64-28-13-15-33-69(64)72(62-44-40-52(41-45-62)51-34-36-53(37-35-51)57-22-16-23-58(48-57)59-39-38-50-18-10-11-21-56(50)49-59)63-46-42-55(43-47-63)65-30-17-32-68-70(65)66-29-12-14-31-67(66)71(68,60-24-6-2-7-25-60)61-26-8-3-9-27-61/h1-49H. The third kappa shape index (κ3) is 7.42. The molecule has 0 spiro atoms. The number of rotatable bonds is 10. The summed E-state index contributed by atoms with van der Waals surface area (Å²) in [5.41, 5.74) is 22.5. The van der Waals surface area contributed by atoms with Crippen molar-refractivity contribution in [1.29, 1.82) is 0 Å². The van der Waals surface area contributed by atoms with E-state index >= 15 is 0 Å². The SMILES string of the molecule is c1ccc(-c2ccccc2N(c2ccc(-c3ccc(-c4cccc(-c5ccc6ccccc6c5)c4)cc3)cc2)c2ccc(-c3cccc4c3-c3ccccc3C4(c3ccccc3)c3ccccc3)cc2)cc1. The van der Waals surface area contributed by atoms with E-state index in [1.807, 2.05) is 0 Å². The Morgan fingerprint density at radius 3 is 1.32 bits per heavy atom. The van der Waals surface area contributed by atoms with Crippen molar-refractivity contribution in [3.63, 3.8) is 0 Å². The lowest BCUT2D eigenvalue weighted by molar-refractivity contribution is 0.768. The fourth-order valence-electron chi connectivity index (χ4n) is 11.4. The Bertz CT molecular complexity index is 3840. The normalized spacial score (nSPS) is 12.3. The minimum Gasteiger partial charge on any atom is -0.310 e. The lowest BCUT2D eigenvalue weighted by Crippen LogP contribution is -2.28. The van der Waals surface area contributed by atoms with Gasteiger partial charge in [-0.25, -0.2) is 0 Å². The van der Waals surface area contributed by atoms with Gasteiger partial charge in [0.25, 0.3) is 0 Å². The van der Waals surface area contributed by atoms with Crippen molar-refractivity contribution < 1.29 is 0 Å². The maximum absolute atomic E-state index is 2.40. The molecule has 12 aromatic rings. The second-order valence-electron chi connectivity index (χ2n) is 18.8.